The highest BCUT2D eigenvalue weighted by molar-refractivity contribution is 6.30. The maximum Gasteiger partial charge on any atom is 0.269 e. The third-order valence-electron chi connectivity index (χ3n) is 3.09. The summed E-state index contributed by atoms with van der Waals surface area (Å²) in [5, 5.41) is 20.5. The molecule has 1 aromatic carbocycles. The highest BCUT2D eigenvalue weighted by Gasteiger charge is 2.10. The Hall–Kier alpha value is -2.67. The van der Waals surface area contributed by atoms with Crippen LogP contribution in [-0.2, 0) is 6.42 Å². The van der Waals surface area contributed by atoms with E-state index < -0.39 is 0 Å². The van der Waals surface area contributed by atoms with Gasteiger partial charge in [-0.05, 0) is 18.2 Å². The molecule has 3 aromatic rings. The number of nitrogens with one attached hydrogen (secondary N) is 3. The van der Waals surface area contributed by atoms with Gasteiger partial charge in [0.2, 0.25) is 0 Å². The van der Waals surface area contributed by atoms with Crippen LogP contribution in [0.25, 0.3) is 11.3 Å². The first-order chi connectivity index (χ1) is 10.7. The van der Waals surface area contributed by atoms with Gasteiger partial charge in [-0.25, -0.2) is 0 Å². The summed E-state index contributed by atoms with van der Waals surface area (Å²) in [7, 11) is 0. The van der Waals surface area contributed by atoms with E-state index in [1.165, 1.54) is 0 Å². The zero-order chi connectivity index (χ0) is 15.4. The molecule has 2 aromatic heterocycles. The van der Waals surface area contributed by atoms with Gasteiger partial charge in [-0.2, -0.15) is 20.5 Å². The first-order valence-electron chi connectivity index (χ1n) is 6.66. The average Bonchev–Trinajstić information content (AvgIpc) is 3.19. The molecule has 0 aliphatic heterocycles. The van der Waals surface area contributed by atoms with Gasteiger partial charge in [0.05, 0.1) is 17.6 Å². The third-order valence-corrected chi connectivity index (χ3v) is 3.35. The van der Waals surface area contributed by atoms with Crippen molar-refractivity contribution < 1.29 is 4.79 Å². The number of benzene rings is 1. The van der Waals surface area contributed by atoms with Crippen LogP contribution in [0.4, 0.5) is 0 Å². The topological polar surface area (TPSA) is 99.3 Å². The van der Waals surface area contributed by atoms with Gasteiger partial charge < -0.3 is 5.32 Å². The number of halogens is 1. The van der Waals surface area contributed by atoms with Crippen LogP contribution in [0, 0.1) is 0 Å². The molecule has 0 spiro atoms. The normalized spacial score (nSPS) is 10.6. The molecule has 3 rings (SSSR count). The van der Waals surface area contributed by atoms with E-state index in [2.05, 4.69) is 30.9 Å². The van der Waals surface area contributed by atoms with Crippen molar-refractivity contribution in [3.63, 3.8) is 0 Å². The monoisotopic (exact) mass is 316 g/mol. The number of hydrogen-bond donors (Lipinski definition) is 3. The molecule has 0 unspecified atom stereocenters. The largest absolute Gasteiger partial charge is 0.350 e. The number of amides is 1. The fraction of sp³-hybridized carbons (Fsp3) is 0.143. The van der Waals surface area contributed by atoms with Gasteiger partial charge in [0.15, 0.2) is 0 Å². The van der Waals surface area contributed by atoms with E-state index in [1.54, 1.807) is 24.4 Å². The summed E-state index contributed by atoms with van der Waals surface area (Å²) in [6, 6.07) is 8.97. The zero-order valence-corrected chi connectivity index (χ0v) is 12.3. The first-order valence-corrected chi connectivity index (χ1v) is 7.04. The van der Waals surface area contributed by atoms with Crippen LogP contribution in [0.2, 0.25) is 5.02 Å². The maximum atomic E-state index is 12.0. The van der Waals surface area contributed by atoms with Crippen molar-refractivity contribution in [2.75, 3.05) is 6.54 Å². The van der Waals surface area contributed by atoms with Gasteiger partial charge in [0, 0.05) is 23.6 Å². The van der Waals surface area contributed by atoms with Gasteiger partial charge in [-0.3, -0.25) is 9.89 Å². The zero-order valence-electron chi connectivity index (χ0n) is 11.5. The number of carbonyl (C=O) groups is 1. The fourth-order valence-electron chi connectivity index (χ4n) is 1.95. The van der Waals surface area contributed by atoms with Crippen molar-refractivity contribution in [1.82, 2.24) is 30.9 Å². The van der Waals surface area contributed by atoms with Crippen LogP contribution in [0.3, 0.4) is 0 Å². The van der Waals surface area contributed by atoms with Crippen molar-refractivity contribution in [2.45, 2.75) is 6.42 Å². The number of aromatic nitrogens is 5. The number of nitrogens with zero attached hydrogens (tertiary/aromatic N) is 3. The minimum Gasteiger partial charge on any atom is -0.350 e. The highest BCUT2D eigenvalue weighted by atomic mass is 35.5. The Kier molecular flexibility index (Phi) is 4.15. The van der Waals surface area contributed by atoms with Crippen LogP contribution in [-0.4, -0.2) is 38.1 Å². The summed E-state index contributed by atoms with van der Waals surface area (Å²) < 4.78 is 0. The van der Waals surface area contributed by atoms with Crippen molar-refractivity contribution in [1.29, 1.82) is 0 Å². The Morgan fingerprint density at radius 1 is 1.23 bits per heavy atom. The predicted molar refractivity (Wildman–Crippen MR) is 81.5 cm³/mol. The standard InChI is InChI=1S/C14H13ClN6O/c15-10-3-1-9(2-4-10)12-7-13(20-19-12)14(22)16-6-5-11-8-17-21-18-11/h1-4,7-8H,5-6H2,(H,16,22)(H,19,20)(H,17,18,21). The maximum absolute atomic E-state index is 12.0. The fourth-order valence-corrected chi connectivity index (χ4v) is 2.08. The van der Waals surface area contributed by atoms with E-state index >= 15 is 0 Å². The number of aromatic amines is 2. The van der Waals surface area contributed by atoms with Gasteiger partial charge >= 0.3 is 0 Å². The summed E-state index contributed by atoms with van der Waals surface area (Å²) in [5.74, 6) is -0.212. The lowest BCUT2D eigenvalue weighted by molar-refractivity contribution is 0.0949. The van der Waals surface area contributed by atoms with Gasteiger partial charge in [0.25, 0.3) is 5.91 Å². The summed E-state index contributed by atoms with van der Waals surface area (Å²) in [6.07, 6.45) is 2.24. The SMILES string of the molecule is O=C(NCCc1cn[nH]n1)c1cc(-c2ccc(Cl)cc2)n[nH]1. The van der Waals surface area contributed by atoms with E-state index in [4.69, 9.17) is 11.6 Å². The molecule has 7 nitrogen and oxygen atoms in total. The molecule has 2 heterocycles. The minimum absolute atomic E-state index is 0.212. The van der Waals surface area contributed by atoms with Crippen LogP contribution in [0.15, 0.2) is 36.5 Å². The molecule has 112 valence electrons. The number of hydrogen-bond acceptors (Lipinski definition) is 4. The van der Waals surface area contributed by atoms with E-state index in [1.807, 2.05) is 12.1 Å². The number of H-pyrrole nitrogens is 2. The van der Waals surface area contributed by atoms with Gasteiger partial charge in [-0.1, -0.05) is 23.7 Å². The molecule has 0 aliphatic rings. The van der Waals surface area contributed by atoms with Gasteiger partial charge in [0.1, 0.15) is 5.69 Å². The number of carbonyl (C=O) groups excluding carboxylic acids is 1. The lowest BCUT2D eigenvalue weighted by atomic mass is 10.1. The second-order valence-electron chi connectivity index (χ2n) is 4.64. The van der Waals surface area contributed by atoms with Crippen LogP contribution in [0.1, 0.15) is 16.2 Å². The van der Waals surface area contributed by atoms with E-state index in [9.17, 15) is 4.79 Å². The lowest BCUT2D eigenvalue weighted by Crippen LogP contribution is -2.26. The van der Waals surface area contributed by atoms with E-state index in [-0.39, 0.29) is 5.91 Å². The predicted octanol–water partition coefficient (Wildman–Crippen LogP) is 1.82. The molecule has 0 saturated heterocycles. The van der Waals surface area contributed by atoms with E-state index in [0.29, 0.717) is 29.4 Å². The summed E-state index contributed by atoms with van der Waals surface area (Å²) in [6.45, 7) is 0.473. The Morgan fingerprint density at radius 3 is 2.77 bits per heavy atom. The molecule has 3 N–H and O–H groups in total. The van der Waals surface area contributed by atoms with Crippen LogP contribution < -0.4 is 5.32 Å². The quantitative estimate of drug-likeness (QED) is 0.668. The van der Waals surface area contributed by atoms with Crippen molar-refractivity contribution in [3.8, 4) is 11.3 Å². The highest BCUT2D eigenvalue weighted by Crippen LogP contribution is 2.20. The minimum atomic E-state index is -0.212. The van der Waals surface area contributed by atoms with Crippen LogP contribution in [0.5, 0.6) is 0 Å². The second kappa shape index (κ2) is 6.40. The first kappa shape index (κ1) is 14.3. The molecule has 1 amide bonds. The lowest BCUT2D eigenvalue weighted by Gasteiger charge is -2.00. The molecule has 0 aliphatic carbocycles. The van der Waals surface area contributed by atoms with Crippen molar-refractivity contribution in [2.24, 2.45) is 0 Å². The third kappa shape index (κ3) is 3.32. The Labute approximate surface area is 131 Å². The Morgan fingerprint density at radius 2 is 2.05 bits per heavy atom. The molecule has 0 saturated carbocycles. The molecule has 8 heteroatoms. The summed E-state index contributed by atoms with van der Waals surface area (Å²) >= 11 is 5.85. The molecule has 0 atom stereocenters. The average molecular weight is 317 g/mol. The summed E-state index contributed by atoms with van der Waals surface area (Å²) in [5.41, 5.74) is 2.79. The van der Waals surface area contributed by atoms with Crippen molar-refractivity contribution in [3.05, 3.63) is 52.9 Å². The Bertz CT molecular complexity index is 750. The number of rotatable bonds is 5. The van der Waals surface area contributed by atoms with Crippen LogP contribution >= 0.6 is 11.6 Å². The molecule has 0 fully saturated rings. The van der Waals surface area contributed by atoms with Gasteiger partial charge in [-0.15, -0.1) is 0 Å². The molecule has 22 heavy (non-hydrogen) atoms. The molecule has 0 radical (unpaired) electrons. The Balaban J connectivity index is 1.60. The van der Waals surface area contributed by atoms with Crippen molar-refractivity contribution >= 4 is 17.5 Å². The molecular formula is C14H13ClN6O. The molecular weight excluding hydrogens is 304 g/mol. The second-order valence-corrected chi connectivity index (χ2v) is 5.08. The smallest absolute Gasteiger partial charge is 0.269 e. The van der Waals surface area contributed by atoms with E-state index in [0.717, 1.165) is 11.3 Å². The molecule has 0 bridgehead atoms. The summed E-state index contributed by atoms with van der Waals surface area (Å²) in [4.78, 5) is 12.0.